The molecule has 0 spiro atoms. The number of nitrogens with one attached hydrogen (secondary N) is 1. The second-order valence-corrected chi connectivity index (χ2v) is 4.61. The van der Waals surface area contributed by atoms with E-state index in [1.54, 1.807) is 24.4 Å². The highest BCUT2D eigenvalue weighted by Crippen LogP contribution is 2.16. The SMILES string of the molecule is CN(C)c1ccccc1C#CCNC(=O)c1ccccn1. The molecule has 0 radical (unpaired) electrons. The monoisotopic (exact) mass is 279 g/mol. The van der Waals surface area contributed by atoms with E-state index in [1.165, 1.54) is 0 Å². The molecule has 0 saturated carbocycles. The Hall–Kier alpha value is -2.80. The van der Waals surface area contributed by atoms with Crippen molar-refractivity contribution in [2.75, 3.05) is 25.5 Å². The zero-order chi connectivity index (χ0) is 15.1. The maximum absolute atomic E-state index is 11.8. The summed E-state index contributed by atoms with van der Waals surface area (Å²) in [6.45, 7) is 0.289. The number of aromatic nitrogens is 1. The number of carbonyl (C=O) groups is 1. The minimum absolute atomic E-state index is 0.217. The summed E-state index contributed by atoms with van der Waals surface area (Å²) in [7, 11) is 3.95. The van der Waals surface area contributed by atoms with Gasteiger partial charge in [0, 0.05) is 25.9 Å². The van der Waals surface area contributed by atoms with E-state index in [2.05, 4.69) is 22.1 Å². The van der Waals surface area contributed by atoms with Gasteiger partial charge in [0.25, 0.3) is 5.91 Å². The van der Waals surface area contributed by atoms with Crippen molar-refractivity contribution in [3.05, 3.63) is 59.9 Å². The van der Waals surface area contributed by atoms with Crippen LogP contribution in [0.4, 0.5) is 5.69 Å². The highest BCUT2D eigenvalue weighted by atomic mass is 16.1. The molecular formula is C17H17N3O. The number of benzene rings is 1. The number of amides is 1. The molecule has 0 aliphatic heterocycles. The van der Waals surface area contributed by atoms with Gasteiger partial charge in [-0.2, -0.15) is 0 Å². The summed E-state index contributed by atoms with van der Waals surface area (Å²) in [5, 5.41) is 2.73. The Labute approximate surface area is 124 Å². The molecule has 106 valence electrons. The highest BCUT2D eigenvalue weighted by molar-refractivity contribution is 5.92. The van der Waals surface area contributed by atoms with Gasteiger partial charge in [0.2, 0.25) is 0 Å². The minimum Gasteiger partial charge on any atom is -0.377 e. The van der Waals surface area contributed by atoms with Crippen LogP contribution in [-0.4, -0.2) is 31.5 Å². The van der Waals surface area contributed by atoms with Crippen LogP contribution >= 0.6 is 0 Å². The molecule has 0 aliphatic rings. The number of para-hydroxylation sites is 1. The molecule has 1 aromatic heterocycles. The molecule has 21 heavy (non-hydrogen) atoms. The molecule has 4 heteroatoms. The molecule has 1 amide bonds. The number of hydrogen-bond acceptors (Lipinski definition) is 3. The molecule has 0 saturated heterocycles. The fourth-order valence-corrected chi connectivity index (χ4v) is 1.82. The van der Waals surface area contributed by atoms with Gasteiger partial charge in [-0.25, -0.2) is 0 Å². The molecule has 0 fully saturated rings. The molecule has 2 rings (SSSR count). The van der Waals surface area contributed by atoms with Crippen molar-refractivity contribution >= 4 is 11.6 Å². The quantitative estimate of drug-likeness (QED) is 0.873. The van der Waals surface area contributed by atoms with E-state index in [4.69, 9.17) is 0 Å². The maximum atomic E-state index is 11.8. The van der Waals surface area contributed by atoms with Gasteiger partial charge in [0.1, 0.15) is 5.69 Å². The Kier molecular flexibility index (Phi) is 4.94. The van der Waals surface area contributed by atoms with Crippen molar-refractivity contribution in [1.82, 2.24) is 10.3 Å². The summed E-state index contributed by atoms with van der Waals surface area (Å²) in [5.41, 5.74) is 2.39. The van der Waals surface area contributed by atoms with Gasteiger partial charge < -0.3 is 10.2 Å². The molecule has 2 aromatic rings. The molecule has 0 aliphatic carbocycles. The fourth-order valence-electron chi connectivity index (χ4n) is 1.82. The molecule has 0 bridgehead atoms. The molecule has 0 unspecified atom stereocenters. The van der Waals surface area contributed by atoms with Crippen LogP contribution in [0.2, 0.25) is 0 Å². The first-order valence-electron chi connectivity index (χ1n) is 6.63. The fraction of sp³-hybridized carbons (Fsp3) is 0.176. The second kappa shape index (κ2) is 7.11. The smallest absolute Gasteiger partial charge is 0.270 e. The predicted molar refractivity (Wildman–Crippen MR) is 84.2 cm³/mol. The molecular weight excluding hydrogens is 262 g/mol. The third-order valence-electron chi connectivity index (χ3n) is 2.84. The second-order valence-electron chi connectivity index (χ2n) is 4.61. The number of rotatable bonds is 3. The zero-order valence-electron chi connectivity index (χ0n) is 12.1. The van der Waals surface area contributed by atoms with Crippen LogP contribution in [0.15, 0.2) is 48.7 Å². The molecule has 1 aromatic carbocycles. The summed E-state index contributed by atoms with van der Waals surface area (Å²) in [6, 6.07) is 13.1. The van der Waals surface area contributed by atoms with E-state index in [9.17, 15) is 4.79 Å². The summed E-state index contributed by atoms with van der Waals surface area (Å²) in [6.07, 6.45) is 1.59. The first-order chi connectivity index (χ1) is 10.2. The Bertz CT molecular complexity index is 669. The minimum atomic E-state index is -0.217. The van der Waals surface area contributed by atoms with E-state index in [0.29, 0.717) is 5.69 Å². The van der Waals surface area contributed by atoms with Crippen LogP contribution in [0.3, 0.4) is 0 Å². The van der Waals surface area contributed by atoms with Crippen LogP contribution in [-0.2, 0) is 0 Å². The maximum Gasteiger partial charge on any atom is 0.270 e. The average molecular weight is 279 g/mol. The molecule has 4 nitrogen and oxygen atoms in total. The third kappa shape index (κ3) is 4.08. The summed E-state index contributed by atoms with van der Waals surface area (Å²) >= 11 is 0. The standard InChI is InChI=1S/C17H17N3O/c1-20(2)16-11-4-3-8-14(16)9-7-13-19-17(21)15-10-5-6-12-18-15/h3-6,8,10-12H,13H2,1-2H3,(H,19,21). The average Bonchev–Trinajstić information content (AvgIpc) is 2.52. The number of carbonyl (C=O) groups excluding carboxylic acids is 1. The normalized spacial score (nSPS) is 9.43. The van der Waals surface area contributed by atoms with Gasteiger partial charge in [-0.05, 0) is 24.3 Å². The van der Waals surface area contributed by atoms with Crippen molar-refractivity contribution < 1.29 is 4.79 Å². The van der Waals surface area contributed by atoms with Crippen LogP contribution in [0.25, 0.3) is 0 Å². The molecule has 1 heterocycles. The van der Waals surface area contributed by atoms with E-state index < -0.39 is 0 Å². The first-order valence-corrected chi connectivity index (χ1v) is 6.63. The number of nitrogens with zero attached hydrogens (tertiary/aromatic N) is 2. The van der Waals surface area contributed by atoms with Crippen molar-refractivity contribution in [2.45, 2.75) is 0 Å². The summed E-state index contributed by atoms with van der Waals surface area (Å²) < 4.78 is 0. The number of pyridine rings is 1. The van der Waals surface area contributed by atoms with E-state index in [-0.39, 0.29) is 12.5 Å². The summed E-state index contributed by atoms with van der Waals surface area (Å²) in [5.74, 6) is 5.82. The Morgan fingerprint density at radius 3 is 2.67 bits per heavy atom. The van der Waals surface area contributed by atoms with E-state index >= 15 is 0 Å². The largest absolute Gasteiger partial charge is 0.377 e. The van der Waals surface area contributed by atoms with Gasteiger partial charge in [0.05, 0.1) is 12.2 Å². The lowest BCUT2D eigenvalue weighted by Crippen LogP contribution is -2.24. The third-order valence-corrected chi connectivity index (χ3v) is 2.84. The van der Waals surface area contributed by atoms with E-state index in [1.807, 2.05) is 43.3 Å². The Morgan fingerprint density at radius 2 is 1.95 bits per heavy atom. The van der Waals surface area contributed by atoms with Gasteiger partial charge in [-0.1, -0.05) is 30.0 Å². The topological polar surface area (TPSA) is 45.2 Å². The van der Waals surface area contributed by atoms with Crippen molar-refractivity contribution in [3.63, 3.8) is 0 Å². The van der Waals surface area contributed by atoms with Crippen molar-refractivity contribution in [3.8, 4) is 11.8 Å². The molecule has 1 N–H and O–H groups in total. The van der Waals surface area contributed by atoms with Crippen LogP contribution < -0.4 is 10.2 Å². The predicted octanol–water partition coefficient (Wildman–Crippen LogP) is 1.93. The van der Waals surface area contributed by atoms with Crippen molar-refractivity contribution in [1.29, 1.82) is 0 Å². The van der Waals surface area contributed by atoms with Gasteiger partial charge in [-0.3, -0.25) is 9.78 Å². The lowest BCUT2D eigenvalue weighted by molar-refractivity contribution is 0.0954. The van der Waals surface area contributed by atoms with Crippen LogP contribution in [0.1, 0.15) is 16.1 Å². The van der Waals surface area contributed by atoms with Crippen LogP contribution in [0, 0.1) is 11.8 Å². The lowest BCUT2D eigenvalue weighted by atomic mass is 10.1. The van der Waals surface area contributed by atoms with Crippen molar-refractivity contribution in [2.24, 2.45) is 0 Å². The number of hydrogen-bond donors (Lipinski definition) is 1. The van der Waals surface area contributed by atoms with Gasteiger partial charge in [-0.15, -0.1) is 0 Å². The van der Waals surface area contributed by atoms with E-state index in [0.717, 1.165) is 11.3 Å². The lowest BCUT2D eigenvalue weighted by Gasteiger charge is -2.13. The Balaban J connectivity index is 1.97. The first kappa shape index (κ1) is 14.6. The van der Waals surface area contributed by atoms with Crippen LogP contribution in [0.5, 0.6) is 0 Å². The van der Waals surface area contributed by atoms with Gasteiger partial charge in [0.15, 0.2) is 0 Å². The molecule has 0 atom stereocenters. The summed E-state index contributed by atoms with van der Waals surface area (Å²) in [4.78, 5) is 17.8. The van der Waals surface area contributed by atoms with Gasteiger partial charge >= 0.3 is 0 Å². The number of anilines is 1. The Morgan fingerprint density at radius 1 is 1.19 bits per heavy atom. The zero-order valence-corrected chi connectivity index (χ0v) is 12.1. The highest BCUT2D eigenvalue weighted by Gasteiger charge is 2.03.